The molecule has 1 amide bonds. The summed E-state index contributed by atoms with van der Waals surface area (Å²) in [6, 6.07) is 0. The summed E-state index contributed by atoms with van der Waals surface area (Å²) < 4.78 is 4.80. The van der Waals surface area contributed by atoms with E-state index in [1.807, 2.05) is 0 Å². The lowest BCUT2D eigenvalue weighted by atomic mass is 10.1. The lowest BCUT2D eigenvalue weighted by Gasteiger charge is -2.23. The van der Waals surface area contributed by atoms with Gasteiger partial charge >= 0.3 is 5.97 Å². The molecule has 0 aromatic carbocycles. The van der Waals surface area contributed by atoms with Crippen molar-refractivity contribution in [3.05, 3.63) is 0 Å². The third-order valence-corrected chi connectivity index (χ3v) is 1.61. The van der Waals surface area contributed by atoms with Crippen molar-refractivity contribution in [2.75, 3.05) is 13.2 Å². The predicted octanol–water partition coefficient (Wildman–Crippen LogP) is -0.207. The van der Waals surface area contributed by atoms with Gasteiger partial charge in [-0.2, -0.15) is 0 Å². The van der Waals surface area contributed by atoms with Crippen molar-refractivity contribution in [1.82, 2.24) is 5.32 Å². The Morgan fingerprint density at radius 3 is 2.43 bits per heavy atom. The molecule has 5 heteroatoms. The van der Waals surface area contributed by atoms with Crippen LogP contribution in [0.15, 0.2) is 0 Å². The average Bonchev–Trinajstić information content (AvgIpc) is 2.03. The van der Waals surface area contributed by atoms with Crippen LogP contribution in [0.25, 0.3) is 0 Å². The van der Waals surface area contributed by atoms with Crippen molar-refractivity contribution in [3.8, 4) is 0 Å². The standard InChI is InChI=1S/C9H18N2O3/c1-4-14-8(13)9(2,3)11-7(12)5-6-10/h4-6,10H2,1-3H3,(H,11,12). The number of ether oxygens (including phenoxy) is 1. The molecule has 0 bridgehead atoms. The normalized spacial score (nSPS) is 10.9. The molecule has 0 radical (unpaired) electrons. The summed E-state index contributed by atoms with van der Waals surface area (Å²) in [4.78, 5) is 22.5. The van der Waals surface area contributed by atoms with Gasteiger partial charge in [0.2, 0.25) is 5.91 Å². The van der Waals surface area contributed by atoms with E-state index in [-0.39, 0.29) is 18.9 Å². The molecule has 0 aliphatic carbocycles. The third kappa shape index (κ3) is 4.23. The van der Waals surface area contributed by atoms with Crippen molar-refractivity contribution in [2.24, 2.45) is 5.73 Å². The number of amides is 1. The second-order valence-electron chi connectivity index (χ2n) is 3.43. The first-order valence-electron chi connectivity index (χ1n) is 4.62. The molecule has 0 aromatic rings. The maximum absolute atomic E-state index is 11.3. The number of hydrogen-bond donors (Lipinski definition) is 2. The van der Waals surface area contributed by atoms with E-state index in [1.54, 1.807) is 20.8 Å². The number of hydrogen-bond acceptors (Lipinski definition) is 4. The number of rotatable bonds is 5. The highest BCUT2D eigenvalue weighted by molar-refractivity contribution is 5.87. The minimum atomic E-state index is -0.984. The van der Waals surface area contributed by atoms with E-state index in [0.717, 1.165) is 0 Å². The van der Waals surface area contributed by atoms with Gasteiger partial charge in [-0.25, -0.2) is 4.79 Å². The second kappa shape index (κ2) is 5.59. The minimum absolute atomic E-state index is 0.211. The van der Waals surface area contributed by atoms with E-state index < -0.39 is 11.5 Å². The van der Waals surface area contributed by atoms with Crippen LogP contribution < -0.4 is 11.1 Å². The first kappa shape index (κ1) is 12.9. The zero-order chi connectivity index (χ0) is 11.2. The first-order valence-corrected chi connectivity index (χ1v) is 4.62. The number of carbonyl (C=O) groups excluding carboxylic acids is 2. The lowest BCUT2D eigenvalue weighted by molar-refractivity contribution is -0.151. The van der Waals surface area contributed by atoms with Gasteiger partial charge in [0.05, 0.1) is 6.61 Å². The van der Waals surface area contributed by atoms with Crippen molar-refractivity contribution >= 4 is 11.9 Å². The fourth-order valence-electron chi connectivity index (χ4n) is 0.905. The predicted molar refractivity (Wildman–Crippen MR) is 52.5 cm³/mol. The smallest absolute Gasteiger partial charge is 0.331 e. The van der Waals surface area contributed by atoms with Gasteiger partial charge in [0.15, 0.2) is 0 Å². The Hall–Kier alpha value is -1.10. The molecule has 3 N–H and O–H groups in total. The Balaban J connectivity index is 4.18. The topological polar surface area (TPSA) is 81.4 Å². The van der Waals surface area contributed by atoms with E-state index in [1.165, 1.54) is 0 Å². The van der Waals surface area contributed by atoms with Crippen LogP contribution in [0.5, 0.6) is 0 Å². The van der Waals surface area contributed by atoms with Gasteiger partial charge < -0.3 is 15.8 Å². The number of nitrogens with two attached hydrogens (primary N) is 1. The summed E-state index contributed by atoms with van der Waals surface area (Å²) in [7, 11) is 0. The molecule has 0 heterocycles. The summed E-state index contributed by atoms with van der Waals surface area (Å²) in [5, 5.41) is 2.55. The maximum atomic E-state index is 11.3. The molecule has 0 aliphatic heterocycles. The second-order valence-corrected chi connectivity index (χ2v) is 3.43. The van der Waals surface area contributed by atoms with Gasteiger partial charge in [0, 0.05) is 13.0 Å². The van der Waals surface area contributed by atoms with Gasteiger partial charge in [0.1, 0.15) is 5.54 Å². The monoisotopic (exact) mass is 202 g/mol. The maximum Gasteiger partial charge on any atom is 0.331 e. The number of nitrogens with one attached hydrogen (secondary N) is 1. The highest BCUT2D eigenvalue weighted by atomic mass is 16.5. The molecule has 14 heavy (non-hydrogen) atoms. The Labute approximate surface area is 84.0 Å². The van der Waals surface area contributed by atoms with Crippen molar-refractivity contribution < 1.29 is 14.3 Å². The van der Waals surface area contributed by atoms with Crippen LogP contribution in [0.1, 0.15) is 27.2 Å². The van der Waals surface area contributed by atoms with Crippen LogP contribution in [-0.4, -0.2) is 30.6 Å². The van der Waals surface area contributed by atoms with Crippen molar-refractivity contribution in [1.29, 1.82) is 0 Å². The Kier molecular flexibility index (Phi) is 5.15. The minimum Gasteiger partial charge on any atom is -0.464 e. The molecule has 0 spiro atoms. The summed E-state index contributed by atoms with van der Waals surface area (Å²) in [6.07, 6.45) is 0.211. The molecule has 0 saturated carbocycles. The molecule has 0 unspecified atom stereocenters. The molecule has 5 nitrogen and oxygen atoms in total. The highest BCUT2D eigenvalue weighted by Crippen LogP contribution is 2.05. The van der Waals surface area contributed by atoms with E-state index in [9.17, 15) is 9.59 Å². The van der Waals surface area contributed by atoms with Gasteiger partial charge in [-0.1, -0.05) is 0 Å². The van der Waals surface area contributed by atoms with E-state index >= 15 is 0 Å². The molecule has 0 rings (SSSR count). The summed E-state index contributed by atoms with van der Waals surface area (Å²) >= 11 is 0. The quantitative estimate of drug-likeness (QED) is 0.604. The average molecular weight is 202 g/mol. The van der Waals surface area contributed by atoms with Crippen LogP contribution in [-0.2, 0) is 14.3 Å². The van der Waals surface area contributed by atoms with E-state index in [2.05, 4.69) is 5.32 Å². The van der Waals surface area contributed by atoms with Gasteiger partial charge in [0.25, 0.3) is 0 Å². The summed E-state index contributed by atoms with van der Waals surface area (Å²) in [5.74, 6) is -0.684. The van der Waals surface area contributed by atoms with Crippen LogP contribution in [0.3, 0.4) is 0 Å². The van der Waals surface area contributed by atoms with Gasteiger partial charge in [-0.3, -0.25) is 4.79 Å². The molecular formula is C9H18N2O3. The van der Waals surface area contributed by atoms with Crippen LogP contribution in [0.2, 0.25) is 0 Å². The Morgan fingerprint density at radius 1 is 1.43 bits per heavy atom. The molecule has 0 aliphatic rings. The van der Waals surface area contributed by atoms with Crippen LogP contribution in [0, 0.1) is 0 Å². The molecular weight excluding hydrogens is 184 g/mol. The SMILES string of the molecule is CCOC(=O)C(C)(C)NC(=O)CCN. The van der Waals surface area contributed by atoms with Gasteiger partial charge in [-0.15, -0.1) is 0 Å². The van der Waals surface area contributed by atoms with Crippen LogP contribution >= 0.6 is 0 Å². The molecule has 0 saturated heterocycles. The number of esters is 1. The molecule has 0 aromatic heterocycles. The zero-order valence-corrected chi connectivity index (χ0v) is 8.92. The molecule has 0 fully saturated rings. The fraction of sp³-hybridized carbons (Fsp3) is 0.778. The largest absolute Gasteiger partial charge is 0.464 e. The van der Waals surface area contributed by atoms with Crippen molar-refractivity contribution in [2.45, 2.75) is 32.7 Å². The summed E-state index contributed by atoms with van der Waals surface area (Å²) in [5.41, 5.74) is 4.22. The molecule has 82 valence electrons. The van der Waals surface area contributed by atoms with E-state index in [4.69, 9.17) is 10.5 Å². The first-order chi connectivity index (χ1) is 6.44. The third-order valence-electron chi connectivity index (χ3n) is 1.61. The highest BCUT2D eigenvalue weighted by Gasteiger charge is 2.30. The Morgan fingerprint density at radius 2 is 2.00 bits per heavy atom. The van der Waals surface area contributed by atoms with Crippen molar-refractivity contribution in [3.63, 3.8) is 0 Å². The van der Waals surface area contributed by atoms with Crippen LogP contribution in [0.4, 0.5) is 0 Å². The van der Waals surface area contributed by atoms with E-state index in [0.29, 0.717) is 6.61 Å². The zero-order valence-electron chi connectivity index (χ0n) is 8.92. The molecule has 0 atom stereocenters. The fourth-order valence-corrected chi connectivity index (χ4v) is 0.905. The number of carbonyl (C=O) groups is 2. The van der Waals surface area contributed by atoms with Gasteiger partial charge in [-0.05, 0) is 20.8 Å². The summed E-state index contributed by atoms with van der Waals surface area (Å²) in [6.45, 7) is 5.48. The Bertz CT molecular complexity index is 214. The lowest BCUT2D eigenvalue weighted by Crippen LogP contribution is -2.50.